The van der Waals surface area contributed by atoms with Gasteiger partial charge in [0.25, 0.3) is 0 Å². The first kappa shape index (κ1) is 12.2. The van der Waals surface area contributed by atoms with Gasteiger partial charge in [0.2, 0.25) is 5.95 Å². The summed E-state index contributed by atoms with van der Waals surface area (Å²) in [5.74, 6) is 0.865. The molecule has 0 radical (unpaired) electrons. The fraction of sp³-hybridized carbons (Fsp3) is 0.375. The average Bonchev–Trinajstić information content (AvgIpc) is 2.85. The van der Waals surface area contributed by atoms with Crippen LogP contribution in [0.3, 0.4) is 0 Å². The normalized spacial score (nSPS) is 18.8. The van der Waals surface area contributed by atoms with Crippen LogP contribution < -0.4 is 4.90 Å². The molecule has 98 valence electrons. The van der Waals surface area contributed by atoms with Gasteiger partial charge in [-0.1, -0.05) is 23.8 Å². The molecule has 2 aromatic rings. The molecule has 0 saturated carbocycles. The minimum Gasteiger partial charge on any atom is -0.338 e. The maximum atomic E-state index is 4.73. The van der Waals surface area contributed by atoms with E-state index >= 15 is 0 Å². The molecule has 1 aliphatic rings. The summed E-state index contributed by atoms with van der Waals surface area (Å²) in [6.07, 6.45) is 4.34. The molecule has 0 spiro atoms. The molecular weight excluding hydrogens is 234 g/mol. The number of hydrogen-bond donors (Lipinski definition) is 0. The van der Waals surface area contributed by atoms with Gasteiger partial charge < -0.3 is 4.90 Å². The van der Waals surface area contributed by atoms with E-state index in [-0.39, 0.29) is 0 Å². The van der Waals surface area contributed by atoms with Crippen molar-refractivity contribution in [3.63, 3.8) is 0 Å². The zero-order chi connectivity index (χ0) is 13.2. The Hall–Kier alpha value is -1.90. The van der Waals surface area contributed by atoms with E-state index in [1.54, 1.807) is 0 Å². The van der Waals surface area contributed by atoms with E-state index < -0.39 is 0 Å². The second-order valence-electron chi connectivity index (χ2n) is 5.30. The van der Waals surface area contributed by atoms with Gasteiger partial charge in [0.15, 0.2) is 0 Å². The molecule has 1 unspecified atom stereocenters. The van der Waals surface area contributed by atoms with Gasteiger partial charge in [-0.15, -0.1) is 0 Å². The smallest absolute Gasteiger partial charge is 0.226 e. The Kier molecular flexibility index (Phi) is 3.20. The lowest BCUT2D eigenvalue weighted by molar-refractivity contribution is 0.717. The van der Waals surface area contributed by atoms with Gasteiger partial charge in [-0.05, 0) is 38.8 Å². The Morgan fingerprint density at radius 1 is 1.26 bits per heavy atom. The van der Waals surface area contributed by atoms with Crippen molar-refractivity contribution in [2.45, 2.75) is 32.7 Å². The highest BCUT2D eigenvalue weighted by atomic mass is 15.3. The van der Waals surface area contributed by atoms with Crippen molar-refractivity contribution in [2.24, 2.45) is 0 Å². The molecule has 1 aromatic heterocycles. The lowest BCUT2D eigenvalue weighted by atomic mass is 10.1. The average molecular weight is 253 g/mol. The summed E-state index contributed by atoms with van der Waals surface area (Å²) in [7, 11) is 0. The summed E-state index contributed by atoms with van der Waals surface area (Å²) in [6, 6.07) is 11.0. The van der Waals surface area contributed by atoms with Crippen LogP contribution in [0.5, 0.6) is 0 Å². The molecule has 1 fully saturated rings. The molecule has 1 aromatic carbocycles. The third-order valence-electron chi connectivity index (χ3n) is 3.77. The number of anilines is 1. The van der Waals surface area contributed by atoms with Crippen LogP contribution in [0.1, 0.15) is 25.3 Å². The first-order valence-corrected chi connectivity index (χ1v) is 6.91. The van der Waals surface area contributed by atoms with Gasteiger partial charge in [-0.2, -0.15) is 0 Å². The number of nitrogens with zero attached hydrogens (tertiary/aromatic N) is 3. The molecule has 0 amide bonds. The monoisotopic (exact) mass is 253 g/mol. The lowest BCUT2D eigenvalue weighted by Crippen LogP contribution is -2.28. The van der Waals surface area contributed by atoms with Crippen molar-refractivity contribution in [3.8, 4) is 11.3 Å². The van der Waals surface area contributed by atoms with E-state index in [1.165, 1.54) is 18.4 Å². The Bertz CT molecular complexity index is 580. The van der Waals surface area contributed by atoms with Crippen molar-refractivity contribution in [1.82, 2.24) is 9.97 Å². The summed E-state index contributed by atoms with van der Waals surface area (Å²) in [5.41, 5.74) is 3.43. The maximum absolute atomic E-state index is 4.73. The zero-order valence-corrected chi connectivity index (χ0v) is 11.5. The molecule has 0 bridgehead atoms. The number of hydrogen-bond acceptors (Lipinski definition) is 3. The zero-order valence-electron chi connectivity index (χ0n) is 11.5. The van der Waals surface area contributed by atoms with Crippen LogP contribution >= 0.6 is 0 Å². The van der Waals surface area contributed by atoms with Crippen molar-refractivity contribution >= 4 is 5.95 Å². The van der Waals surface area contributed by atoms with Crippen molar-refractivity contribution in [2.75, 3.05) is 11.4 Å². The highest BCUT2D eigenvalue weighted by Gasteiger charge is 2.22. The van der Waals surface area contributed by atoms with E-state index in [2.05, 4.69) is 48.0 Å². The van der Waals surface area contributed by atoms with E-state index in [0.29, 0.717) is 6.04 Å². The fourth-order valence-corrected chi connectivity index (χ4v) is 2.68. The van der Waals surface area contributed by atoms with Gasteiger partial charge in [0, 0.05) is 24.3 Å². The first-order chi connectivity index (χ1) is 9.24. The third kappa shape index (κ3) is 2.46. The molecule has 3 nitrogen and oxygen atoms in total. The van der Waals surface area contributed by atoms with Gasteiger partial charge in [-0.25, -0.2) is 9.97 Å². The van der Waals surface area contributed by atoms with Crippen LogP contribution in [0.2, 0.25) is 0 Å². The van der Waals surface area contributed by atoms with Gasteiger partial charge in [-0.3, -0.25) is 0 Å². The Labute approximate surface area is 114 Å². The third-order valence-corrected chi connectivity index (χ3v) is 3.77. The standard InChI is InChI=1S/C16H19N3/c1-12-5-3-7-14(11-12)15-8-9-17-16(18-15)19-10-4-6-13(19)2/h3,5,7-9,11,13H,4,6,10H2,1-2H3. The second kappa shape index (κ2) is 5.00. The summed E-state index contributed by atoms with van der Waals surface area (Å²) in [5, 5.41) is 0. The summed E-state index contributed by atoms with van der Waals surface area (Å²) in [6.45, 7) is 5.42. The maximum Gasteiger partial charge on any atom is 0.226 e. The number of aryl methyl sites for hydroxylation is 1. The highest BCUT2D eigenvalue weighted by molar-refractivity contribution is 5.61. The molecule has 0 N–H and O–H groups in total. The van der Waals surface area contributed by atoms with Gasteiger partial charge in [0.1, 0.15) is 0 Å². The predicted molar refractivity (Wildman–Crippen MR) is 78.2 cm³/mol. The first-order valence-electron chi connectivity index (χ1n) is 6.91. The summed E-state index contributed by atoms with van der Waals surface area (Å²) in [4.78, 5) is 11.5. The van der Waals surface area contributed by atoms with Crippen LogP contribution in [-0.4, -0.2) is 22.6 Å². The molecule has 1 saturated heterocycles. The van der Waals surface area contributed by atoms with E-state index in [4.69, 9.17) is 4.98 Å². The topological polar surface area (TPSA) is 29.0 Å². The highest BCUT2D eigenvalue weighted by Crippen LogP contribution is 2.24. The van der Waals surface area contributed by atoms with E-state index in [9.17, 15) is 0 Å². The minimum atomic E-state index is 0.549. The van der Waals surface area contributed by atoms with E-state index in [1.807, 2.05) is 12.3 Å². The van der Waals surface area contributed by atoms with Crippen molar-refractivity contribution in [3.05, 3.63) is 42.1 Å². The molecule has 2 heterocycles. The molecule has 3 rings (SSSR count). The van der Waals surface area contributed by atoms with Crippen LogP contribution in [-0.2, 0) is 0 Å². The number of aromatic nitrogens is 2. The van der Waals surface area contributed by atoms with Crippen molar-refractivity contribution in [1.29, 1.82) is 0 Å². The largest absolute Gasteiger partial charge is 0.338 e. The second-order valence-corrected chi connectivity index (χ2v) is 5.30. The number of rotatable bonds is 2. The SMILES string of the molecule is Cc1cccc(-c2ccnc(N3CCCC3C)n2)c1. The predicted octanol–water partition coefficient (Wildman–Crippen LogP) is 3.44. The Morgan fingerprint density at radius 3 is 2.89 bits per heavy atom. The lowest BCUT2D eigenvalue weighted by Gasteiger charge is -2.21. The van der Waals surface area contributed by atoms with Gasteiger partial charge in [0.05, 0.1) is 5.69 Å². The van der Waals surface area contributed by atoms with Crippen LogP contribution in [0.25, 0.3) is 11.3 Å². The van der Waals surface area contributed by atoms with Gasteiger partial charge >= 0.3 is 0 Å². The van der Waals surface area contributed by atoms with Crippen molar-refractivity contribution < 1.29 is 0 Å². The summed E-state index contributed by atoms with van der Waals surface area (Å²) < 4.78 is 0. The molecule has 1 atom stereocenters. The van der Waals surface area contributed by atoms with E-state index in [0.717, 1.165) is 23.8 Å². The van der Waals surface area contributed by atoms with Crippen LogP contribution in [0.4, 0.5) is 5.95 Å². The quantitative estimate of drug-likeness (QED) is 0.821. The summed E-state index contributed by atoms with van der Waals surface area (Å²) >= 11 is 0. The minimum absolute atomic E-state index is 0.549. The number of benzene rings is 1. The Balaban J connectivity index is 1.96. The molecule has 19 heavy (non-hydrogen) atoms. The van der Waals surface area contributed by atoms with Crippen LogP contribution in [0, 0.1) is 6.92 Å². The Morgan fingerprint density at radius 2 is 2.16 bits per heavy atom. The molecular formula is C16H19N3. The molecule has 3 heteroatoms. The fourth-order valence-electron chi connectivity index (χ4n) is 2.68. The molecule has 0 aliphatic carbocycles. The van der Waals surface area contributed by atoms with Crippen LogP contribution in [0.15, 0.2) is 36.5 Å². The molecule has 1 aliphatic heterocycles.